The molecule has 0 saturated heterocycles. The van der Waals surface area contributed by atoms with Gasteiger partial charge in [-0.1, -0.05) is 5.16 Å². The van der Waals surface area contributed by atoms with Gasteiger partial charge in [0.25, 0.3) is 5.91 Å². The number of halogens is 5. The minimum atomic E-state index is -5.08. The number of nitrogens with one attached hydrogen (secondary N) is 2. The van der Waals surface area contributed by atoms with Crippen LogP contribution in [0.15, 0.2) is 51.0 Å². The molecule has 13 nitrogen and oxygen atoms in total. The number of amides is 1. The second-order valence-electron chi connectivity index (χ2n) is 6.84. The van der Waals surface area contributed by atoms with Crippen LogP contribution in [-0.2, 0) is 9.73 Å². The second-order valence-corrected chi connectivity index (χ2v) is 8.69. The first-order chi connectivity index (χ1) is 18.5. The molecule has 3 aromatic heterocycles. The van der Waals surface area contributed by atoms with Crippen molar-refractivity contribution in [3.05, 3.63) is 63.3 Å². The number of aryl methyl sites for hydroxylation is 1. The van der Waals surface area contributed by atoms with Gasteiger partial charge in [-0.05, 0) is 51.4 Å². The van der Waals surface area contributed by atoms with E-state index in [1.165, 1.54) is 35.8 Å². The van der Waals surface area contributed by atoms with Gasteiger partial charge in [-0.25, -0.2) is 18.8 Å². The van der Waals surface area contributed by atoms with Crippen LogP contribution in [-0.4, -0.2) is 54.6 Å². The first kappa shape index (κ1) is 29.0. The topological polar surface area (TPSA) is 178 Å². The van der Waals surface area contributed by atoms with Gasteiger partial charge >= 0.3 is 12.1 Å². The third-order valence-electron chi connectivity index (χ3n) is 4.08. The molecule has 0 spiro atoms. The van der Waals surface area contributed by atoms with Crippen molar-refractivity contribution in [2.45, 2.75) is 13.1 Å². The number of oxime groups is 1. The van der Waals surface area contributed by atoms with E-state index >= 15 is 0 Å². The number of carbonyl (C=O) groups is 2. The van der Waals surface area contributed by atoms with Crippen LogP contribution < -0.4 is 10.8 Å². The summed E-state index contributed by atoms with van der Waals surface area (Å²) in [6.45, 7) is 1.71. The fourth-order valence-electron chi connectivity index (χ4n) is 2.37. The lowest BCUT2D eigenvalue weighted by Crippen LogP contribution is -2.21. The Bertz CT molecular complexity index is 1480. The number of hydrogen-bond acceptors (Lipinski definition) is 12. The van der Waals surface area contributed by atoms with E-state index in [-0.39, 0.29) is 16.0 Å². The second kappa shape index (κ2) is 12.8. The number of aliphatic carboxylic acids is 1. The number of carboxylic acids is 1. The highest BCUT2D eigenvalue weighted by molar-refractivity contribution is 9.10. The highest BCUT2D eigenvalue weighted by atomic mass is 79.9. The molecule has 0 aliphatic heterocycles. The van der Waals surface area contributed by atoms with E-state index in [4.69, 9.17) is 14.8 Å². The lowest BCUT2D eigenvalue weighted by molar-refractivity contribution is -0.192. The van der Waals surface area contributed by atoms with Crippen molar-refractivity contribution in [1.82, 2.24) is 25.3 Å². The fraction of sp³-hybridized carbons (Fsp3) is 0.100. The van der Waals surface area contributed by atoms with Crippen molar-refractivity contribution in [1.29, 1.82) is 0 Å². The van der Waals surface area contributed by atoms with E-state index in [1.807, 2.05) is 0 Å². The Kier molecular flexibility index (Phi) is 9.55. The molecule has 0 atom stereocenters. The molecule has 204 valence electrons. The average Bonchev–Trinajstić information content (AvgIpc) is 3.50. The third kappa shape index (κ3) is 8.23. The summed E-state index contributed by atoms with van der Waals surface area (Å²) in [4.78, 5) is 39.5. The number of aromatic nitrogens is 5. The largest absolute Gasteiger partial charge is 0.490 e. The molecular formula is C20H13BrF4N8O5S. The number of carbonyl (C=O) groups excluding carboxylic acids is 1. The third-order valence-corrected chi connectivity index (χ3v) is 5.87. The SMILES string of the molecule is Cc1nc(-c2cnccn2)sc1C(=O)Nc1nonc1/C=N/ONc1ccc(F)c(Br)c1.O=C(O)C(F)(F)F. The summed E-state index contributed by atoms with van der Waals surface area (Å²) in [5, 5.41) is 21.3. The predicted octanol–water partition coefficient (Wildman–Crippen LogP) is 4.46. The van der Waals surface area contributed by atoms with E-state index in [0.717, 1.165) is 0 Å². The maximum Gasteiger partial charge on any atom is 0.490 e. The van der Waals surface area contributed by atoms with Crippen LogP contribution in [0.3, 0.4) is 0 Å². The Morgan fingerprint density at radius 3 is 2.64 bits per heavy atom. The number of nitrogens with zero attached hydrogens (tertiary/aromatic N) is 6. The number of rotatable bonds is 7. The van der Waals surface area contributed by atoms with Crippen LogP contribution in [0.2, 0.25) is 0 Å². The van der Waals surface area contributed by atoms with Crippen LogP contribution in [0.1, 0.15) is 21.1 Å². The highest BCUT2D eigenvalue weighted by Gasteiger charge is 2.38. The van der Waals surface area contributed by atoms with Crippen LogP contribution in [0.25, 0.3) is 10.7 Å². The van der Waals surface area contributed by atoms with Gasteiger partial charge in [0.1, 0.15) is 27.6 Å². The number of alkyl halides is 3. The van der Waals surface area contributed by atoms with E-state index in [2.05, 4.69) is 61.8 Å². The number of benzene rings is 1. The van der Waals surface area contributed by atoms with E-state index < -0.39 is 23.9 Å². The molecule has 0 unspecified atom stereocenters. The summed E-state index contributed by atoms with van der Waals surface area (Å²) >= 11 is 4.23. The monoisotopic (exact) mass is 632 g/mol. The van der Waals surface area contributed by atoms with Gasteiger partial charge in [0.15, 0.2) is 5.69 Å². The highest BCUT2D eigenvalue weighted by Crippen LogP contribution is 2.27. The molecule has 4 aromatic rings. The van der Waals surface area contributed by atoms with E-state index in [9.17, 15) is 22.4 Å². The van der Waals surface area contributed by atoms with Crippen molar-refractivity contribution in [3.8, 4) is 10.7 Å². The quantitative estimate of drug-likeness (QED) is 0.149. The first-order valence-electron chi connectivity index (χ1n) is 10.0. The van der Waals surface area contributed by atoms with Crippen LogP contribution in [0, 0.1) is 12.7 Å². The van der Waals surface area contributed by atoms with Gasteiger partial charge in [0.05, 0.1) is 22.1 Å². The molecule has 1 amide bonds. The molecule has 0 aliphatic rings. The zero-order chi connectivity index (χ0) is 28.6. The molecule has 0 aliphatic carbocycles. The Hall–Kier alpha value is -4.52. The maximum atomic E-state index is 13.2. The van der Waals surface area contributed by atoms with Gasteiger partial charge in [0.2, 0.25) is 5.82 Å². The summed E-state index contributed by atoms with van der Waals surface area (Å²) in [6, 6.07) is 4.19. The van der Waals surface area contributed by atoms with Gasteiger partial charge in [-0.3, -0.25) is 19.7 Å². The number of anilines is 2. The van der Waals surface area contributed by atoms with Gasteiger partial charge in [0, 0.05) is 12.4 Å². The molecule has 3 heterocycles. The van der Waals surface area contributed by atoms with Gasteiger partial charge in [-0.15, -0.1) is 11.3 Å². The van der Waals surface area contributed by atoms with Gasteiger partial charge < -0.3 is 10.4 Å². The molecule has 19 heteroatoms. The molecular weight excluding hydrogens is 620 g/mol. The lowest BCUT2D eigenvalue weighted by Gasteiger charge is -2.03. The van der Waals surface area contributed by atoms with Crippen molar-refractivity contribution in [2.24, 2.45) is 5.16 Å². The molecule has 1 aromatic carbocycles. The normalized spacial score (nSPS) is 11.0. The molecule has 0 radical (unpaired) electrons. The van der Waals surface area contributed by atoms with Crippen molar-refractivity contribution < 1.29 is 41.8 Å². The zero-order valence-corrected chi connectivity index (χ0v) is 21.5. The Balaban J connectivity index is 0.000000532. The minimum Gasteiger partial charge on any atom is -0.475 e. The summed E-state index contributed by atoms with van der Waals surface area (Å²) in [5.74, 6) is -3.57. The van der Waals surface area contributed by atoms with Crippen molar-refractivity contribution >= 4 is 56.9 Å². The van der Waals surface area contributed by atoms with Crippen LogP contribution in [0.5, 0.6) is 0 Å². The molecule has 0 bridgehead atoms. The predicted molar refractivity (Wildman–Crippen MR) is 130 cm³/mol. The number of hydrogen-bond donors (Lipinski definition) is 3. The summed E-state index contributed by atoms with van der Waals surface area (Å²) in [7, 11) is 0. The van der Waals surface area contributed by atoms with Gasteiger partial charge in [-0.2, -0.15) is 18.7 Å². The van der Waals surface area contributed by atoms with E-state index in [0.29, 0.717) is 27.0 Å². The molecule has 0 fully saturated rings. The number of thiazole rings is 1. The standard InChI is InChI=1S/C18H12BrFN8O3S.C2HF3O2/c1-9-15(32-18(24-9)14-7-21-4-5-22-14)17(29)25-16-13(27-31-28-16)8-23-30-26-10-2-3-12(20)11(19)6-10;3-2(4,5)1(6)7/h2-8,26H,1H3,(H,25,28,29);(H,6,7)/b23-8+;. The van der Waals surface area contributed by atoms with Crippen LogP contribution >= 0.6 is 27.3 Å². The molecule has 3 N–H and O–H groups in total. The molecule has 39 heavy (non-hydrogen) atoms. The molecule has 4 rings (SSSR count). The van der Waals surface area contributed by atoms with Crippen LogP contribution in [0.4, 0.5) is 29.1 Å². The molecule has 0 saturated carbocycles. The zero-order valence-electron chi connectivity index (χ0n) is 19.1. The summed E-state index contributed by atoms with van der Waals surface area (Å²) < 4.78 is 49.9. The smallest absolute Gasteiger partial charge is 0.475 e. The van der Waals surface area contributed by atoms with E-state index in [1.54, 1.807) is 25.5 Å². The summed E-state index contributed by atoms with van der Waals surface area (Å²) in [6.07, 6.45) is 0.761. The maximum absolute atomic E-state index is 13.2. The Morgan fingerprint density at radius 2 is 2.00 bits per heavy atom. The summed E-state index contributed by atoms with van der Waals surface area (Å²) in [5.41, 5.74) is 4.18. The first-order valence-corrected chi connectivity index (χ1v) is 11.6. The number of carboxylic acid groups (broad SMARTS) is 1. The fourth-order valence-corrected chi connectivity index (χ4v) is 3.67. The Morgan fingerprint density at radius 1 is 1.26 bits per heavy atom. The van der Waals surface area contributed by atoms with Crippen molar-refractivity contribution in [2.75, 3.05) is 10.8 Å². The minimum absolute atomic E-state index is 0.0423. The average molecular weight is 633 g/mol. The van der Waals surface area contributed by atoms with Crippen molar-refractivity contribution in [3.63, 3.8) is 0 Å². The lowest BCUT2D eigenvalue weighted by atomic mass is 10.3. The Labute approximate surface area is 227 Å².